The molecule has 2 aromatic rings. The van der Waals surface area contributed by atoms with E-state index in [1.807, 2.05) is 24.3 Å². The monoisotopic (exact) mass is 343 g/mol. The van der Waals surface area contributed by atoms with Gasteiger partial charge in [-0.1, -0.05) is 44.2 Å². The molecule has 0 fully saturated rings. The van der Waals surface area contributed by atoms with Gasteiger partial charge in [0.1, 0.15) is 11.4 Å². The number of para-hydroxylation sites is 3. The van der Waals surface area contributed by atoms with Crippen LogP contribution in [0.25, 0.3) is 0 Å². The number of hydrogen-bond donors (Lipinski definition) is 2. The van der Waals surface area contributed by atoms with Crippen molar-refractivity contribution in [2.45, 2.75) is 32.9 Å². The van der Waals surface area contributed by atoms with Crippen molar-refractivity contribution in [3.8, 4) is 5.75 Å². The van der Waals surface area contributed by atoms with E-state index in [4.69, 9.17) is 4.74 Å². The molecule has 2 amide bonds. The van der Waals surface area contributed by atoms with Crippen molar-refractivity contribution in [3.05, 3.63) is 64.2 Å². The molecule has 0 heterocycles. The minimum Gasteiger partial charge on any atom is -0.471 e. The average molecular weight is 343 g/mol. The summed E-state index contributed by atoms with van der Waals surface area (Å²) >= 11 is 0. The average Bonchev–Trinajstić information content (AvgIpc) is 2.55. The molecule has 0 saturated carbocycles. The van der Waals surface area contributed by atoms with Crippen LogP contribution in [0.3, 0.4) is 0 Å². The molecular weight excluding hydrogens is 322 g/mol. The first-order valence-electron chi connectivity index (χ1n) is 7.95. The lowest BCUT2D eigenvalue weighted by Gasteiger charge is -2.20. The van der Waals surface area contributed by atoms with E-state index in [0.717, 1.165) is 5.56 Å². The van der Waals surface area contributed by atoms with Crippen molar-refractivity contribution in [1.82, 2.24) is 5.32 Å². The number of nitrogens with one attached hydrogen (secondary N) is 2. The summed E-state index contributed by atoms with van der Waals surface area (Å²) in [5.74, 6) is 0.972. The second-order valence-corrected chi connectivity index (χ2v) is 5.83. The molecule has 0 aromatic heterocycles. The topological polar surface area (TPSA) is 93.5 Å². The number of benzene rings is 2. The summed E-state index contributed by atoms with van der Waals surface area (Å²) in [6, 6.07) is 13.0. The molecule has 0 aliphatic rings. The number of carbonyl (C=O) groups is 1. The predicted molar refractivity (Wildman–Crippen MR) is 95.9 cm³/mol. The minimum atomic E-state index is -0.609. The highest BCUT2D eigenvalue weighted by Crippen LogP contribution is 2.26. The van der Waals surface area contributed by atoms with Gasteiger partial charge < -0.3 is 15.4 Å². The van der Waals surface area contributed by atoms with Gasteiger partial charge in [0, 0.05) is 6.07 Å². The Balaban J connectivity index is 2.01. The van der Waals surface area contributed by atoms with Crippen LogP contribution in [-0.2, 0) is 0 Å². The van der Waals surface area contributed by atoms with E-state index in [1.54, 1.807) is 13.0 Å². The van der Waals surface area contributed by atoms with Gasteiger partial charge in [0.2, 0.25) is 0 Å². The first kappa shape index (κ1) is 18.3. The number of nitrogens with zero attached hydrogens (tertiary/aromatic N) is 1. The Bertz CT molecular complexity index is 761. The number of nitro groups is 1. The Morgan fingerprint density at radius 1 is 1.08 bits per heavy atom. The Morgan fingerprint density at radius 2 is 1.72 bits per heavy atom. The molecule has 7 heteroatoms. The van der Waals surface area contributed by atoms with Gasteiger partial charge >= 0.3 is 6.03 Å². The molecule has 2 rings (SSSR count). The molecule has 25 heavy (non-hydrogen) atoms. The SMILES string of the molecule is CC(NC(=O)Nc1ccccc1[N+](=O)[O-])Oc1ccccc1C(C)C. The number of ether oxygens (including phenoxy) is 1. The molecule has 0 radical (unpaired) electrons. The van der Waals surface area contributed by atoms with Crippen LogP contribution in [-0.4, -0.2) is 17.2 Å². The second kappa shape index (κ2) is 8.14. The fourth-order valence-corrected chi connectivity index (χ4v) is 2.37. The zero-order chi connectivity index (χ0) is 18.4. The smallest absolute Gasteiger partial charge is 0.322 e. The molecule has 7 nitrogen and oxygen atoms in total. The van der Waals surface area contributed by atoms with Crippen molar-refractivity contribution in [1.29, 1.82) is 0 Å². The van der Waals surface area contributed by atoms with Crippen LogP contribution in [0.2, 0.25) is 0 Å². The number of nitro benzene ring substituents is 1. The molecule has 0 spiro atoms. The van der Waals surface area contributed by atoms with E-state index in [0.29, 0.717) is 5.75 Å². The molecule has 2 N–H and O–H groups in total. The summed E-state index contributed by atoms with van der Waals surface area (Å²) in [4.78, 5) is 22.5. The first-order valence-corrected chi connectivity index (χ1v) is 7.95. The van der Waals surface area contributed by atoms with E-state index in [-0.39, 0.29) is 17.3 Å². The van der Waals surface area contributed by atoms with E-state index in [9.17, 15) is 14.9 Å². The zero-order valence-corrected chi connectivity index (χ0v) is 14.4. The lowest BCUT2D eigenvalue weighted by Crippen LogP contribution is -2.39. The number of hydrogen-bond acceptors (Lipinski definition) is 4. The number of amides is 2. The van der Waals surface area contributed by atoms with Gasteiger partial charge in [0.05, 0.1) is 4.92 Å². The fourth-order valence-electron chi connectivity index (χ4n) is 2.37. The predicted octanol–water partition coefficient (Wildman–Crippen LogP) is 4.26. The first-order chi connectivity index (χ1) is 11.9. The van der Waals surface area contributed by atoms with Crippen molar-refractivity contribution in [3.63, 3.8) is 0 Å². The minimum absolute atomic E-state index is 0.125. The second-order valence-electron chi connectivity index (χ2n) is 5.83. The fraction of sp³-hybridized carbons (Fsp3) is 0.278. The molecular formula is C18H21N3O4. The summed E-state index contributed by atoms with van der Waals surface area (Å²) in [5.41, 5.74) is 0.992. The summed E-state index contributed by atoms with van der Waals surface area (Å²) in [6.07, 6.45) is -0.609. The highest BCUT2D eigenvalue weighted by molar-refractivity contribution is 5.91. The zero-order valence-electron chi connectivity index (χ0n) is 14.4. The number of urea groups is 1. The molecule has 0 bridgehead atoms. The third kappa shape index (κ3) is 4.94. The summed E-state index contributed by atoms with van der Waals surface area (Å²) in [7, 11) is 0. The normalized spacial score (nSPS) is 11.7. The third-order valence-corrected chi connectivity index (χ3v) is 3.53. The molecule has 2 aromatic carbocycles. The number of rotatable bonds is 6. The van der Waals surface area contributed by atoms with E-state index in [2.05, 4.69) is 24.5 Å². The highest BCUT2D eigenvalue weighted by Gasteiger charge is 2.17. The quantitative estimate of drug-likeness (QED) is 0.465. The van der Waals surface area contributed by atoms with Crippen LogP contribution >= 0.6 is 0 Å². The van der Waals surface area contributed by atoms with Crippen LogP contribution in [0.1, 0.15) is 32.3 Å². The van der Waals surface area contributed by atoms with Gasteiger partial charge in [0.25, 0.3) is 5.69 Å². The molecule has 0 aliphatic carbocycles. The van der Waals surface area contributed by atoms with Gasteiger partial charge in [-0.15, -0.1) is 0 Å². The lowest BCUT2D eigenvalue weighted by atomic mass is 10.0. The van der Waals surface area contributed by atoms with E-state index >= 15 is 0 Å². The Labute approximate surface area is 146 Å². The number of carbonyl (C=O) groups excluding carboxylic acids is 1. The van der Waals surface area contributed by atoms with Gasteiger partial charge in [-0.3, -0.25) is 10.1 Å². The molecule has 0 aliphatic heterocycles. The Kier molecular flexibility index (Phi) is 5.94. The lowest BCUT2D eigenvalue weighted by molar-refractivity contribution is -0.383. The summed E-state index contributed by atoms with van der Waals surface area (Å²) in [6.45, 7) is 5.80. The maximum absolute atomic E-state index is 12.1. The van der Waals surface area contributed by atoms with Gasteiger partial charge in [-0.25, -0.2) is 4.79 Å². The summed E-state index contributed by atoms with van der Waals surface area (Å²) < 4.78 is 5.79. The maximum atomic E-state index is 12.1. The molecule has 1 unspecified atom stereocenters. The van der Waals surface area contributed by atoms with Crippen molar-refractivity contribution in [2.24, 2.45) is 0 Å². The largest absolute Gasteiger partial charge is 0.471 e. The van der Waals surface area contributed by atoms with Crippen LogP contribution in [0, 0.1) is 10.1 Å². The standard InChI is InChI=1S/C18H21N3O4/c1-12(2)14-8-4-7-11-17(14)25-13(3)19-18(22)20-15-9-5-6-10-16(15)21(23)24/h4-13H,1-3H3,(H2,19,20,22). The molecule has 0 saturated heterocycles. The third-order valence-electron chi connectivity index (χ3n) is 3.53. The Morgan fingerprint density at radius 3 is 2.40 bits per heavy atom. The van der Waals surface area contributed by atoms with Crippen LogP contribution in [0.4, 0.5) is 16.2 Å². The van der Waals surface area contributed by atoms with Crippen LogP contribution < -0.4 is 15.4 Å². The molecule has 1 atom stereocenters. The van der Waals surface area contributed by atoms with Crippen LogP contribution in [0.15, 0.2) is 48.5 Å². The van der Waals surface area contributed by atoms with Crippen LogP contribution in [0.5, 0.6) is 5.75 Å². The van der Waals surface area contributed by atoms with E-state index < -0.39 is 17.2 Å². The Hall–Kier alpha value is -3.09. The highest BCUT2D eigenvalue weighted by atomic mass is 16.6. The van der Waals surface area contributed by atoms with Crippen molar-refractivity contribution >= 4 is 17.4 Å². The number of anilines is 1. The summed E-state index contributed by atoms with van der Waals surface area (Å²) in [5, 5.41) is 16.1. The van der Waals surface area contributed by atoms with Gasteiger partial charge in [0.15, 0.2) is 6.23 Å². The van der Waals surface area contributed by atoms with Gasteiger partial charge in [-0.05, 0) is 30.5 Å². The van der Waals surface area contributed by atoms with Crippen molar-refractivity contribution in [2.75, 3.05) is 5.32 Å². The van der Waals surface area contributed by atoms with Crippen molar-refractivity contribution < 1.29 is 14.5 Å². The van der Waals surface area contributed by atoms with Gasteiger partial charge in [-0.2, -0.15) is 0 Å². The maximum Gasteiger partial charge on any atom is 0.322 e. The molecule has 132 valence electrons. The van der Waals surface area contributed by atoms with E-state index in [1.165, 1.54) is 18.2 Å².